The molecule has 0 saturated heterocycles. The Bertz CT molecular complexity index is 298. The molecule has 1 nitrogen and oxygen atoms in total. The molecule has 1 aromatic carbocycles. The summed E-state index contributed by atoms with van der Waals surface area (Å²) in [5.74, 6) is 1.52. The number of benzene rings is 1. The molecule has 0 radical (unpaired) electrons. The molecule has 0 amide bonds. The van der Waals surface area contributed by atoms with E-state index in [0.717, 1.165) is 5.75 Å². The van der Waals surface area contributed by atoms with Gasteiger partial charge < -0.3 is 4.74 Å². The summed E-state index contributed by atoms with van der Waals surface area (Å²) in [6.07, 6.45) is 3.81. The summed E-state index contributed by atoms with van der Waals surface area (Å²) in [5.41, 5.74) is 2.34. The Labute approximate surface area is 90.3 Å². The molecule has 0 N–H and O–H groups in total. The largest absolute Gasteiger partial charge is 0.489 e. The molecular formula is C12H15ClO. The first-order valence-corrected chi connectivity index (χ1v) is 5.19. The first-order chi connectivity index (χ1) is 6.75. The van der Waals surface area contributed by atoms with Crippen molar-refractivity contribution < 1.29 is 4.74 Å². The van der Waals surface area contributed by atoms with Crippen molar-refractivity contribution in [1.82, 2.24) is 0 Å². The lowest BCUT2D eigenvalue weighted by atomic mass is 10.1. The summed E-state index contributed by atoms with van der Waals surface area (Å²) >= 11 is 5.50. The summed E-state index contributed by atoms with van der Waals surface area (Å²) in [6.45, 7) is 4.68. The first-order valence-electron chi connectivity index (χ1n) is 4.65. The van der Waals surface area contributed by atoms with E-state index in [-0.39, 0.29) is 0 Å². The number of allylic oxidation sites excluding steroid dienone is 1. The standard InChI is InChI=1S/C12H15ClO/c1-10-6-5-7-11(2)12(10)14-9-4-3-8-13/h3-7H,8-9H2,1-2H3. The highest BCUT2D eigenvalue weighted by atomic mass is 35.5. The normalized spacial score (nSPS) is 10.8. The van der Waals surface area contributed by atoms with Gasteiger partial charge in [-0.25, -0.2) is 0 Å². The molecule has 0 aliphatic heterocycles. The Morgan fingerprint density at radius 3 is 2.43 bits per heavy atom. The Kier molecular flexibility index (Phi) is 4.54. The minimum atomic E-state index is 0.538. The predicted molar refractivity (Wildman–Crippen MR) is 61.3 cm³/mol. The SMILES string of the molecule is Cc1cccc(C)c1OCC=CCCl. The lowest BCUT2D eigenvalue weighted by molar-refractivity contribution is 0.357. The fourth-order valence-corrected chi connectivity index (χ4v) is 1.42. The number of aryl methyl sites for hydroxylation is 2. The fraction of sp³-hybridized carbons (Fsp3) is 0.333. The molecule has 0 spiro atoms. The van der Waals surface area contributed by atoms with Crippen molar-refractivity contribution in [2.75, 3.05) is 12.5 Å². The van der Waals surface area contributed by atoms with E-state index in [1.165, 1.54) is 11.1 Å². The highest BCUT2D eigenvalue weighted by Crippen LogP contribution is 2.21. The highest BCUT2D eigenvalue weighted by Gasteiger charge is 2.00. The second-order valence-electron chi connectivity index (χ2n) is 3.16. The molecule has 0 unspecified atom stereocenters. The van der Waals surface area contributed by atoms with Gasteiger partial charge in [0.2, 0.25) is 0 Å². The molecule has 1 rings (SSSR count). The zero-order chi connectivity index (χ0) is 10.4. The quantitative estimate of drug-likeness (QED) is 0.546. The summed E-state index contributed by atoms with van der Waals surface area (Å²) in [5, 5.41) is 0. The number of alkyl halides is 1. The van der Waals surface area contributed by atoms with E-state index >= 15 is 0 Å². The summed E-state index contributed by atoms with van der Waals surface area (Å²) < 4.78 is 5.62. The van der Waals surface area contributed by atoms with Crippen molar-refractivity contribution in [1.29, 1.82) is 0 Å². The van der Waals surface area contributed by atoms with Gasteiger partial charge in [0, 0.05) is 5.88 Å². The number of hydrogen-bond acceptors (Lipinski definition) is 1. The van der Waals surface area contributed by atoms with Crippen molar-refractivity contribution in [2.24, 2.45) is 0 Å². The molecular weight excluding hydrogens is 196 g/mol. The minimum Gasteiger partial charge on any atom is -0.489 e. The van der Waals surface area contributed by atoms with Crippen LogP contribution in [-0.4, -0.2) is 12.5 Å². The number of rotatable bonds is 4. The number of halogens is 1. The van der Waals surface area contributed by atoms with Crippen molar-refractivity contribution in [3.05, 3.63) is 41.5 Å². The highest BCUT2D eigenvalue weighted by molar-refractivity contribution is 6.18. The molecule has 0 aliphatic rings. The maximum Gasteiger partial charge on any atom is 0.125 e. The van der Waals surface area contributed by atoms with Gasteiger partial charge in [0.05, 0.1) is 0 Å². The van der Waals surface area contributed by atoms with Gasteiger partial charge >= 0.3 is 0 Å². The lowest BCUT2D eigenvalue weighted by Crippen LogP contribution is -1.97. The van der Waals surface area contributed by atoms with E-state index in [1.807, 2.05) is 44.2 Å². The first kappa shape index (κ1) is 11.1. The van der Waals surface area contributed by atoms with Crippen LogP contribution in [0.4, 0.5) is 0 Å². The summed E-state index contributed by atoms with van der Waals surface area (Å²) in [4.78, 5) is 0. The predicted octanol–water partition coefficient (Wildman–Crippen LogP) is 3.48. The molecule has 14 heavy (non-hydrogen) atoms. The molecule has 1 aromatic rings. The van der Waals surface area contributed by atoms with Crippen LogP contribution in [0.2, 0.25) is 0 Å². The van der Waals surface area contributed by atoms with Crippen LogP contribution in [0.15, 0.2) is 30.4 Å². The number of ether oxygens (including phenoxy) is 1. The van der Waals surface area contributed by atoms with Crippen LogP contribution in [-0.2, 0) is 0 Å². The van der Waals surface area contributed by atoms with Gasteiger partial charge in [-0.15, -0.1) is 11.6 Å². The third-order valence-corrected chi connectivity index (χ3v) is 2.17. The molecule has 0 aliphatic carbocycles. The van der Waals surface area contributed by atoms with Gasteiger partial charge in [-0.2, -0.15) is 0 Å². The minimum absolute atomic E-state index is 0.538. The van der Waals surface area contributed by atoms with Gasteiger partial charge in [0.25, 0.3) is 0 Å². The van der Waals surface area contributed by atoms with Gasteiger partial charge in [-0.3, -0.25) is 0 Å². The monoisotopic (exact) mass is 210 g/mol. The van der Waals surface area contributed by atoms with Crippen molar-refractivity contribution in [3.8, 4) is 5.75 Å². The molecule has 0 bridgehead atoms. The smallest absolute Gasteiger partial charge is 0.125 e. The molecule has 2 heteroatoms. The van der Waals surface area contributed by atoms with E-state index in [2.05, 4.69) is 0 Å². The fourth-order valence-electron chi connectivity index (χ4n) is 1.29. The third kappa shape index (κ3) is 3.08. The second-order valence-corrected chi connectivity index (χ2v) is 3.47. The topological polar surface area (TPSA) is 9.23 Å². The molecule has 0 heterocycles. The van der Waals surface area contributed by atoms with Gasteiger partial charge in [-0.1, -0.05) is 30.4 Å². The van der Waals surface area contributed by atoms with E-state index in [0.29, 0.717) is 12.5 Å². The van der Waals surface area contributed by atoms with E-state index < -0.39 is 0 Å². The van der Waals surface area contributed by atoms with Crippen LogP contribution in [0.25, 0.3) is 0 Å². The molecule has 0 atom stereocenters. The Hall–Kier alpha value is -0.950. The molecule has 0 aromatic heterocycles. The Morgan fingerprint density at radius 1 is 1.21 bits per heavy atom. The van der Waals surface area contributed by atoms with E-state index in [1.54, 1.807) is 0 Å². The zero-order valence-corrected chi connectivity index (χ0v) is 9.34. The van der Waals surface area contributed by atoms with Crippen LogP contribution in [0.5, 0.6) is 5.75 Å². The maximum absolute atomic E-state index is 5.62. The van der Waals surface area contributed by atoms with Crippen molar-refractivity contribution in [3.63, 3.8) is 0 Å². The van der Waals surface area contributed by atoms with Crippen molar-refractivity contribution in [2.45, 2.75) is 13.8 Å². The number of para-hydroxylation sites is 1. The summed E-state index contributed by atoms with van der Waals surface area (Å²) in [7, 11) is 0. The zero-order valence-electron chi connectivity index (χ0n) is 8.59. The van der Waals surface area contributed by atoms with Crippen LogP contribution in [0.3, 0.4) is 0 Å². The van der Waals surface area contributed by atoms with Crippen molar-refractivity contribution >= 4 is 11.6 Å². The average molecular weight is 211 g/mol. The molecule has 0 fully saturated rings. The number of hydrogen-bond donors (Lipinski definition) is 0. The second kappa shape index (κ2) is 5.71. The van der Waals surface area contributed by atoms with Crippen LogP contribution >= 0.6 is 11.6 Å². The molecule has 0 saturated carbocycles. The Balaban J connectivity index is 2.62. The van der Waals surface area contributed by atoms with E-state index in [4.69, 9.17) is 16.3 Å². The molecule has 76 valence electrons. The van der Waals surface area contributed by atoms with Gasteiger partial charge in [0.1, 0.15) is 12.4 Å². The van der Waals surface area contributed by atoms with Crippen LogP contribution in [0.1, 0.15) is 11.1 Å². The van der Waals surface area contributed by atoms with E-state index in [9.17, 15) is 0 Å². The average Bonchev–Trinajstić information content (AvgIpc) is 2.16. The van der Waals surface area contributed by atoms with Gasteiger partial charge in [-0.05, 0) is 25.0 Å². The third-order valence-electron chi connectivity index (χ3n) is 1.99. The Morgan fingerprint density at radius 2 is 1.86 bits per heavy atom. The van der Waals surface area contributed by atoms with Gasteiger partial charge in [0.15, 0.2) is 0 Å². The van der Waals surface area contributed by atoms with Crippen LogP contribution in [0, 0.1) is 13.8 Å². The lowest BCUT2D eigenvalue weighted by Gasteiger charge is -2.09. The van der Waals surface area contributed by atoms with Crippen LogP contribution < -0.4 is 4.74 Å². The maximum atomic E-state index is 5.62. The summed E-state index contributed by atoms with van der Waals surface area (Å²) in [6, 6.07) is 6.13.